The zero-order chi connectivity index (χ0) is 20.0. The molecule has 2 fully saturated rings. The molecule has 2 saturated heterocycles. The molecule has 1 aromatic rings. The van der Waals surface area contributed by atoms with Crippen LogP contribution < -0.4 is 0 Å². The lowest BCUT2D eigenvalue weighted by molar-refractivity contribution is -0.146. The number of likely N-dealkylation sites (tertiary alicyclic amines) is 2. The van der Waals surface area contributed by atoms with Crippen molar-refractivity contribution in [2.24, 2.45) is 5.92 Å². The summed E-state index contributed by atoms with van der Waals surface area (Å²) in [6.45, 7) is 0.179. The molecule has 2 aliphatic rings. The molecule has 2 heterocycles. The minimum atomic E-state index is -4.64. The summed E-state index contributed by atoms with van der Waals surface area (Å²) < 4.78 is 39.5. The lowest BCUT2D eigenvalue weighted by atomic mass is 9.77. The van der Waals surface area contributed by atoms with Gasteiger partial charge in [0.1, 0.15) is 0 Å². The van der Waals surface area contributed by atoms with E-state index in [4.69, 9.17) is 0 Å². The van der Waals surface area contributed by atoms with Crippen LogP contribution in [0.3, 0.4) is 0 Å². The van der Waals surface area contributed by atoms with Gasteiger partial charge in [0.25, 0.3) is 5.91 Å². The number of alkyl halides is 3. The van der Waals surface area contributed by atoms with E-state index in [0.29, 0.717) is 0 Å². The molecule has 2 aliphatic heterocycles. The van der Waals surface area contributed by atoms with Crippen LogP contribution >= 0.6 is 0 Å². The van der Waals surface area contributed by atoms with Crippen molar-refractivity contribution in [1.29, 1.82) is 0 Å². The Morgan fingerprint density at radius 2 is 1.78 bits per heavy atom. The highest BCUT2D eigenvalue weighted by Crippen LogP contribution is 2.43. The van der Waals surface area contributed by atoms with Gasteiger partial charge in [-0.25, -0.2) is 0 Å². The molecule has 9 heteroatoms. The van der Waals surface area contributed by atoms with Crippen LogP contribution in [-0.4, -0.2) is 58.4 Å². The molecule has 0 bridgehead atoms. The largest absolute Gasteiger partial charge is 0.481 e. The summed E-state index contributed by atoms with van der Waals surface area (Å²) in [7, 11) is 1.54. The van der Waals surface area contributed by atoms with Gasteiger partial charge >= 0.3 is 12.1 Å². The molecule has 2 amide bonds. The minimum Gasteiger partial charge on any atom is -0.481 e. The lowest BCUT2D eigenvalue weighted by Crippen LogP contribution is -2.57. The summed E-state index contributed by atoms with van der Waals surface area (Å²) in [6, 6.07) is 4.60. The fraction of sp³-hybridized carbons (Fsp3) is 0.500. The quantitative estimate of drug-likeness (QED) is 0.848. The normalized spacial score (nSPS) is 22.4. The van der Waals surface area contributed by atoms with Crippen molar-refractivity contribution < 1.29 is 32.7 Å². The maximum Gasteiger partial charge on any atom is 0.417 e. The summed E-state index contributed by atoms with van der Waals surface area (Å²) in [5, 5.41) is 9.46. The van der Waals surface area contributed by atoms with Crippen LogP contribution in [-0.2, 0) is 15.8 Å². The maximum atomic E-state index is 13.2. The second-order valence-electron chi connectivity index (χ2n) is 6.99. The van der Waals surface area contributed by atoms with Crippen LogP contribution in [0.4, 0.5) is 13.2 Å². The average molecular weight is 384 g/mol. The first-order chi connectivity index (χ1) is 12.6. The highest BCUT2D eigenvalue weighted by Gasteiger charge is 2.55. The van der Waals surface area contributed by atoms with Gasteiger partial charge in [0.2, 0.25) is 5.91 Å². The van der Waals surface area contributed by atoms with Gasteiger partial charge in [0, 0.05) is 26.6 Å². The Labute approximate surface area is 153 Å². The molecule has 0 saturated carbocycles. The molecule has 1 N–H and O–H groups in total. The number of halogens is 3. The van der Waals surface area contributed by atoms with Gasteiger partial charge in [-0.2, -0.15) is 13.2 Å². The molecule has 27 heavy (non-hydrogen) atoms. The van der Waals surface area contributed by atoms with Crippen LogP contribution in [0.2, 0.25) is 0 Å². The number of carboxylic acid groups (broad SMARTS) is 1. The maximum absolute atomic E-state index is 13.2. The van der Waals surface area contributed by atoms with E-state index in [1.54, 1.807) is 7.05 Å². The third-order valence-electron chi connectivity index (χ3n) is 5.75. The highest BCUT2D eigenvalue weighted by molar-refractivity contribution is 5.96. The number of amides is 2. The molecule has 146 valence electrons. The van der Waals surface area contributed by atoms with Crippen molar-refractivity contribution in [2.45, 2.75) is 31.0 Å². The first-order valence-corrected chi connectivity index (χ1v) is 8.53. The molecule has 1 aromatic carbocycles. The Hall–Kier alpha value is -2.58. The van der Waals surface area contributed by atoms with Crippen molar-refractivity contribution in [3.63, 3.8) is 0 Å². The van der Waals surface area contributed by atoms with E-state index in [0.717, 1.165) is 12.1 Å². The van der Waals surface area contributed by atoms with Crippen LogP contribution in [0.5, 0.6) is 0 Å². The van der Waals surface area contributed by atoms with Crippen molar-refractivity contribution in [2.75, 3.05) is 20.1 Å². The number of carbonyl (C=O) groups is 3. The number of hydrogen-bond acceptors (Lipinski definition) is 3. The Bertz CT molecular complexity index is 785. The molecular weight excluding hydrogens is 365 g/mol. The standard InChI is InChI=1S/C18H19F3N2O4/c1-22-14(24)10-13(16(26)27)17(22)6-8-23(9-7-17)15(25)11-4-2-3-5-12(11)18(19,20)21/h2-5,13H,6-10H2,1H3,(H,26,27)/t13-/m0/s1. The predicted molar refractivity (Wildman–Crippen MR) is 87.8 cm³/mol. The van der Waals surface area contributed by atoms with Gasteiger partial charge in [-0.3, -0.25) is 14.4 Å². The Morgan fingerprint density at radius 1 is 1.19 bits per heavy atom. The summed E-state index contributed by atoms with van der Waals surface area (Å²) in [5.41, 5.74) is -2.32. The molecular formula is C18H19F3N2O4. The molecule has 1 spiro atoms. The van der Waals surface area contributed by atoms with Crippen molar-refractivity contribution in [1.82, 2.24) is 9.80 Å². The minimum absolute atomic E-state index is 0.0897. The van der Waals surface area contributed by atoms with E-state index in [1.165, 1.54) is 21.9 Å². The molecule has 1 atom stereocenters. The number of carboxylic acids is 1. The Kier molecular flexibility index (Phi) is 4.65. The molecule has 0 aromatic heterocycles. The highest BCUT2D eigenvalue weighted by atomic mass is 19.4. The van der Waals surface area contributed by atoms with E-state index < -0.39 is 40.6 Å². The van der Waals surface area contributed by atoms with Crippen molar-refractivity contribution in [3.05, 3.63) is 35.4 Å². The van der Waals surface area contributed by atoms with Gasteiger partial charge in [-0.1, -0.05) is 12.1 Å². The van der Waals surface area contributed by atoms with E-state index in [9.17, 15) is 32.7 Å². The number of rotatable bonds is 2. The fourth-order valence-electron chi connectivity index (χ4n) is 4.17. The van der Waals surface area contributed by atoms with Crippen molar-refractivity contribution in [3.8, 4) is 0 Å². The second-order valence-corrected chi connectivity index (χ2v) is 6.99. The summed E-state index contributed by atoms with van der Waals surface area (Å²) in [6.07, 6.45) is -4.31. The van der Waals surface area contributed by atoms with E-state index >= 15 is 0 Å². The van der Waals surface area contributed by atoms with E-state index in [-0.39, 0.29) is 38.3 Å². The number of benzene rings is 1. The topological polar surface area (TPSA) is 77.9 Å². The number of hydrogen-bond donors (Lipinski definition) is 1. The summed E-state index contributed by atoms with van der Waals surface area (Å²) in [4.78, 5) is 39.0. The fourth-order valence-corrected chi connectivity index (χ4v) is 4.17. The van der Waals surface area contributed by atoms with Gasteiger partial charge in [-0.05, 0) is 25.0 Å². The SMILES string of the molecule is CN1C(=O)C[C@@H](C(=O)O)C12CCN(C(=O)c1ccccc1C(F)(F)F)CC2. The Balaban J connectivity index is 1.82. The predicted octanol–water partition coefficient (Wildman–Crippen LogP) is 2.24. The van der Waals surface area contributed by atoms with Gasteiger partial charge < -0.3 is 14.9 Å². The van der Waals surface area contributed by atoms with Crippen LogP contribution in [0.1, 0.15) is 35.2 Å². The zero-order valence-corrected chi connectivity index (χ0v) is 14.6. The van der Waals surface area contributed by atoms with Crippen molar-refractivity contribution >= 4 is 17.8 Å². The number of aliphatic carboxylic acids is 1. The number of nitrogens with zero attached hydrogens (tertiary/aromatic N) is 2. The molecule has 3 rings (SSSR count). The zero-order valence-electron chi connectivity index (χ0n) is 14.6. The average Bonchev–Trinajstić information content (AvgIpc) is 2.86. The van der Waals surface area contributed by atoms with Gasteiger partial charge in [-0.15, -0.1) is 0 Å². The molecule has 0 unspecified atom stereocenters. The number of carbonyl (C=O) groups excluding carboxylic acids is 2. The molecule has 6 nitrogen and oxygen atoms in total. The molecule has 0 radical (unpaired) electrons. The summed E-state index contributed by atoms with van der Waals surface area (Å²) >= 11 is 0. The van der Waals surface area contributed by atoms with E-state index in [1.807, 2.05) is 0 Å². The third kappa shape index (κ3) is 3.15. The summed E-state index contributed by atoms with van der Waals surface area (Å²) in [5.74, 6) is -2.97. The first-order valence-electron chi connectivity index (χ1n) is 8.53. The smallest absolute Gasteiger partial charge is 0.417 e. The van der Waals surface area contributed by atoms with Gasteiger partial charge in [0.15, 0.2) is 0 Å². The third-order valence-corrected chi connectivity index (χ3v) is 5.75. The second kappa shape index (κ2) is 6.54. The molecule has 0 aliphatic carbocycles. The van der Waals surface area contributed by atoms with Crippen LogP contribution in [0.25, 0.3) is 0 Å². The van der Waals surface area contributed by atoms with E-state index in [2.05, 4.69) is 0 Å². The van der Waals surface area contributed by atoms with Crippen LogP contribution in [0.15, 0.2) is 24.3 Å². The first kappa shape index (κ1) is 19.2. The van der Waals surface area contributed by atoms with Gasteiger partial charge in [0.05, 0.1) is 22.6 Å². The Morgan fingerprint density at radius 3 is 2.33 bits per heavy atom. The monoisotopic (exact) mass is 384 g/mol. The lowest BCUT2D eigenvalue weighted by Gasteiger charge is -2.45. The van der Waals surface area contributed by atoms with Crippen LogP contribution in [0, 0.1) is 5.92 Å². The number of piperidine rings is 1.